The summed E-state index contributed by atoms with van der Waals surface area (Å²) in [5, 5.41) is 2.72. The first kappa shape index (κ1) is 17.8. The van der Waals surface area contributed by atoms with Crippen LogP contribution in [0.2, 0.25) is 0 Å². The predicted molar refractivity (Wildman–Crippen MR) is 77.9 cm³/mol. The van der Waals surface area contributed by atoms with E-state index in [4.69, 9.17) is 0 Å². The number of piperazine rings is 1. The van der Waals surface area contributed by atoms with Gasteiger partial charge in [-0.25, -0.2) is 4.79 Å². The van der Waals surface area contributed by atoms with E-state index in [2.05, 4.69) is 5.32 Å². The van der Waals surface area contributed by atoms with E-state index in [0.29, 0.717) is 45.6 Å². The Morgan fingerprint density at radius 1 is 1.22 bits per heavy atom. The fourth-order valence-corrected chi connectivity index (χ4v) is 3.13. The minimum Gasteiger partial charge on any atom is -0.338 e. The number of likely N-dealkylation sites (tertiary alicyclic amines) is 1. The largest absolute Gasteiger partial charge is 0.406 e. The number of nitrogens with one attached hydrogen (secondary N) is 1. The smallest absolute Gasteiger partial charge is 0.338 e. The molecule has 9 heteroatoms. The molecule has 2 rings (SSSR count). The van der Waals surface area contributed by atoms with Gasteiger partial charge in [-0.3, -0.25) is 9.69 Å². The summed E-state index contributed by atoms with van der Waals surface area (Å²) in [7, 11) is 0. The first-order chi connectivity index (χ1) is 10.8. The molecule has 2 heterocycles. The summed E-state index contributed by atoms with van der Waals surface area (Å²) >= 11 is 0. The second-order valence-corrected chi connectivity index (χ2v) is 5.89. The Morgan fingerprint density at radius 3 is 2.43 bits per heavy atom. The maximum absolute atomic E-state index is 12.5. The van der Waals surface area contributed by atoms with Crippen LogP contribution in [0.4, 0.5) is 18.0 Å². The highest BCUT2D eigenvalue weighted by molar-refractivity contribution is 5.82. The van der Waals surface area contributed by atoms with Crippen molar-refractivity contribution in [3.8, 4) is 0 Å². The number of hydrogen-bond donors (Lipinski definition) is 1. The van der Waals surface area contributed by atoms with Crippen LogP contribution < -0.4 is 5.32 Å². The van der Waals surface area contributed by atoms with Gasteiger partial charge in [-0.05, 0) is 19.8 Å². The number of alkyl halides is 3. The van der Waals surface area contributed by atoms with Gasteiger partial charge >= 0.3 is 12.2 Å². The minimum absolute atomic E-state index is 0.138. The normalized spacial score (nSPS) is 24.0. The molecule has 1 atom stereocenters. The quantitative estimate of drug-likeness (QED) is 0.833. The number of piperidine rings is 1. The van der Waals surface area contributed by atoms with Gasteiger partial charge in [-0.2, -0.15) is 13.2 Å². The van der Waals surface area contributed by atoms with Gasteiger partial charge in [0.15, 0.2) is 0 Å². The summed E-state index contributed by atoms with van der Waals surface area (Å²) in [4.78, 5) is 28.5. The highest BCUT2D eigenvalue weighted by Crippen LogP contribution is 2.23. The van der Waals surface area contributed by atoms with Crippen molar-refractivity contribution in [2.75, 3.05) is 45.8 Å². The standard InChI is InChI=1S/C14H23F3N4O2/c1-2-18-13(23)20-8-6-19(7-9-20)11-4-3-5-21(12(11)22)10-14(15,16)17/h11H,2-10H2,1H3,(H,18,23)/t11-/m0/s1. The van der Waals surface area contributed by atoms with E-state index < -0.39 is 24.7 Å². The highest BCUT2D eigenvalue weighted by atomic mass is 19.4. The number of urea groups is 1. The molecule has 3 amide bonds. The van der Waals surface area contributed by atoms with E-state index in [1.807, 2.05) is 11.8 Å². The Labute approximate surface area is 133 Å². The first-order valence-electron chi connectivity index (χ1n) is 7.94. The van der Waals surface area contributed by atoms with Crippen molar-refractivity contribution < 1.29 is 22.8 Å². The molecule has 0 aromatic rings. The lowest BCUT2D eigenvalue weighted by Crippen LogP contribution is -2.59. The summed E-state index contributed by atoms with van der Waals surface area (Å²) < 4.78 is 37.6. The Kier molecular flexibility index (Phi) is 5.72. The zero-order chi connectivity index (χ0) is 17.0. The summed E-state index contributed by atoms with van der Waals surface area (Å²) in [6.45, 7) is 3.34. The number of hydrogen-bond acceptors (Lipinski definition) is 3. The molecule has 2 saturated heterocycles. The van der Waals surface area contributed by atoms with E-state index >= 15 is 0 Å². The van der Waals surface area contributed by atoms with Gasteiger partial charge < -0.3 is 15.1 Å². The van der Waals surface area contributed by atoms with Crippen molar-refractivity contribution in [3.63, 3.8) is 0 Å². The fraction of sp³-hybridized carbons (Fsp3) is 0.857. The Morgan fingerprint density at radius 2 is 1.87 bits per heavy atom. The molecule has 0 unspecified atom stereocenters. The number of halogens is 3. The van der Waals surface area contributed by atoms with E-state index in [0.717, 1.165) is 4.90 Å². The molecule has 0 radical (unpaired) electrons. The molecule has 2 aliphatic heterocycles. The molecular formula is C14H23F3N4O2. The topological polar surface area (TPSA) is 55.9 Å². The lowest BCUT2D eigenvalue weighted by molar-refractivity contribution is -0.168. The van der Waals surface area contributed by atoms with Crippen LogP contribution in [0.5, 0.6) is 0 Å². The third kappa shape index (κ3) is 4.73. The van der Waals surface area contributed by atoms with E-state index in [9.17, 15) is 22.8 Å². The second-order valence-electron chi connectivity index (χ2n) is 5.89. The molecule has 0 bridgehead atoms. The zero-order valence-electron chi connectivity index (χ0n) is 13.2. The SMILES string of the molecule is CCNC(=O)N1CCN([C@H]2CCCN(CC(F)(F)F)C2=O)CC1. The Bertz CT molecular complexity index is 436. The number of nitrogens with zero attached hydrogens (tertiary/aromatic N) is 3. The van der Waals surface area contributed by atoms with Crippen LogP contribution >= 0.6 is 0 Å². The molecule has 2 fully saturated rings. The molecule has 2 aliphatic rings. The summed E-state index contributed by atoms with van der Waals surface area (Å²) in [6.07, 6.45) is -3.22. The number of carbonyl (C=O) groups excluding carboxylic acids is 2. The zero-order valence-corrected chi connectivity index (χ0v) is 13.2. The van der Waals surface area contributed by atoms with Crippen molar-refractivity contribution in [1.29, 1.82) is 0 Å². The molecule has 0 saturated carbocycles. The lowest BCUT2D eigenvalue weighted by Gasteiger charge is -2.42. The Hall–Kier alpha value is -1.51. The fourth-order valence-electron chi connectivity index (χ4n) is 3.13. The third-order valence-electron chi connectivity index (χ3n) is 4.24. The lowest BCUT2D eigenvalue weighted by atomic mass is 10.0. The Balaban J connectivity index is 1.90. The average molecular weight is 336 g/mol. The minimum atomic E-state index is -4.37. The maximum Gasteiger partial charge on any atom is 0.406 e. The van der Waals surface area contributed by atoms with Crippen LogP contribution in [0, 0.1) is 0 Å². The van der Waals surface area contributed by atoms with Crippen LogP contribution in [0.15, 0.2) is 0 Å². The van der Waals surface area contributed by atoms with Gasteiger partial charge in [-0.15, -0.1) is 0 Å². The van der Waals surface area contributed by atoms with Gasteiger partial charge in [0.05, 0.1) is 6.04 Å². The van der Waals surface area contributed by atoms with Gasteiger partial charge in [0.25, 0.3) is 0 Å². The highest BCUT2D eigenvalue weighted by Gasteiger charge is 2.40. The van der Waals surface area contributed by atoms with Crippen LogP contribution in [0.1, 0.15) is 19.8 Å². The van der Waals surface area contributed by atoms with Crippen LogP contribution in [-0.4, -0.2) is 84.7 Å². The van der Waals surface area contributed by atoms with Crippen LogP contribution in [0.25, 0.3) is 0 Å². The molecule has 1 N–H and O–H groups in total. The predicted octanol–water partition coefficient (Wildman–Crippen LogP) is 0.887. The van der Waals surface area contributed by atoms with Crippen LogP contribution in [0.3, 0.4) is 0 Å². The van der Waals surface area contributed by atoms with Crippen molar-refractivity contribution in [2.45, 2.75) is 32.0 Å². The second kappa shape index (κ2) is 7.37. The van der Waals surface area contributed by atoms with Gasteiger partial charge in [0.2, 0.25) is 5.91 Å². The van der Waals surface area contributed by atoms with Crippen molar-refractivity contribution in [3.05, 3.63) is 0 Å². The average Bonchev–Trinajstić information content (AvgIpc) is 2.49. The van der Waals surface area contributed by atoms with Crippen LogP contribution in [-0.2, 0) is 4.79 Å². The van der Waals surface area contributed by atoms with Crippen molar-refractivity contribution in [2.24, 2.45) is 0 Å². The molecule has 0 aliphatic carbocycles. The van der Waals surface area contributed by atoms with Crippen molar-refractivity contribution >= 4 is 11.9 Å². The first-order valence-corrected chi connectivity index (χ1v) is 7.94. The van der Waals surface area contributed by atoms with E-state index in [-0.39, 0.29) is 12.6 Å². The molecule has 132 valence electrons. The summed E-state index contributed by atoms with van der Waals surface area (Å²) in [6, 6.07) is -0.636. The maximum atomic E-state index is 12.5. The number of amides is 3. The van der Waals surface area contributed by atoms with Gasteiger partial charge in [-0.1, -0.05) is 0 Å². The van der Waals surface area contributed by atoms with E-state index in [1.165, 1.54) is 0 Å². The van der Waals surface area contributed by atoms with E-state index in [1.54, 1.807) is 4.90 Å². The summed E-state index contributed by atoms with van der Waals surface area (Å²) in [5.41, 5.74) is 0. The number of carbonyl (C=O) groups is 2. The monoisotopic (exact) mass is 336 g/mol. The summed E-state index contributed by atoms with van der Waals surface area (Å²) in [5.74, 6) is -0.444. The van der Waals surface area contributed by atoms with Gasteiger partial charge in [0.1, 0.15) is 6.54 Å². The molecule has 0 aromatic heterocycles. The van der Waals surface area contributed by atoms with Crippen molar-refractivity contribution in [1.82, 2.24) is 20.0 Å². The number of rotatable bonds is 3. The molecule has 0 aromatic carbocycles. The van der Waals surface area contributed by atoms with Gasteiger partial charge in [0, 0.05) is 39.3 Å². The molecular weight excluding hydrogens is 313 g/mol. The third-order valence-corrected chi connectivity index (χ3v) is 4.24. The molecule has 6 nitrogen and oxygen atoms in total. The molecule has 0 spiro atoms. The molecule has 23 heavy (non-hydrogen) atoms.